The van der Waals surface area contributed by atoms with Gasteiger partial charge in [0.05, 0.1) is 16.3 Å². The summed E-state index contributed by atoms with van der Waals surface area (Å²) in [4.78, 5) is 25.3. The number of anilines is 1. The van der Waals surface area contributed by atoms with Crippen LogP contribution in [0.2, 0.25) is 5.02 Å². The second-order valence-corrected chi connectivity index (χ2v) is 7.90. The average Bonchev–Trinajstić information content (AvgIpc) is 3.27. The monoisotopic (exact) mass is 422 g/mol. The minimum absolute atomic E-state index is 0.182. The molecule has 0 radical (unpaired) electrons. The Morgan fingerprint density at radius 3 is 2.50 bits per heavy atom. The van der Waals surface area contributed by atoms with Gasteiger partial charge in [-0.2, -0.15) is 5.10 Å². The zero-order valence-electron chi connectivity index (χ0n) is 16.5. The molecule has 0 unspecified atom stereocenters. The molecule has 1 fully saturated rings. The zero-order chi connectivity index (χ0) is 20.9. The van der Waals surface area contributed by atoms with Crippen LogP contribution in [0.1, 0.15) is 53.0 Å². The summed E-state index contributed by atoms with van der Waals surface area (Å²) in [6.45, 7) is 0. The lowest BCUT2D eigenvalue weighted by Crippen LogP contribution is -2.36. The molecule has 4 rings (SSSR count). The van der Waals surface area contributed by atoms with Gasteiger partial charge in [-0.3, -0.25) is 14.7 Å². The molecule has 154 valence electrons. The number of nitrogens with one attached hydrogen (secondary N) is 3. The second-order valence-electron chi connectivity index (χ2n) is 7.49. The first-order valence-electron chi connectivity index (χ1n) is 10.1. The van der Waals surface area contributed by atoms with Crippen molar-refractivity contribution in [1.29, 1.82) is 0 Å². The number of rotatable bonds is 5. The molecule has 0 atom stereocenters. The molecule has 3 aromatic rings. The maximum absolute atomic E-state index is 12.7. The lowest BCUT2D eigenvalue weighted by molar-refractivity contribution is 0.0926. The molecule has 1 heterocycles. The lowest BCUT2D eigenvalue weighted by Gasteiger charge is -2.23. The van der Waals surface area contributed by atoms with Crippen LogP contribution in [0, 0.1) is 0 Å². The number of benzene rings is 2. The summed E-state index contributed by atoms with van der Waals surface area (Å²) in [7, 11) is 0. The van der Waals surface area contributed by atoms with E-state index < -0.39 is 0 Å². The van der Waals surface area contributed by atoms with Gasteiger partial charge in [0.25, 0.3) is 11.8 Å². The van der Waals surface area contributed by atoms with E-state index in [1.807, 2.05) is 30.3 Å². The summed E-state index contributed by atoms with van der Waals surface area (Å²) in [5, 5.41) is 13.2. The highest BCUT2D eigenvalue weighted by atomic mass is 35.5. The second kappa shape index (κ2) is 9.13. The van der Waals surface area contributed by atoms with E-state index >= 15 is 0 Å². The Hall–Kier alpha value is -3.12. The van der Waals surface area contributed by atoms with E-state index in [1.54, 1.807) is 24.3 Å². The van der Waals surface area contributed by atoms with Crippen LogP contribution in [0.4, 0.5) is 5.69 Å². The highest BCUT2D eigenvalue weighted by Gasteiger charge is 2.19. The van der Waals surface area contributed by atoms with Gasteiger partial charge in [-0.15, -0.1) is 0 Å². The molecule has 30 heavy (non-hydrogen) atoms. The average molecular weight is 423 g/mol. The fourth-order valence-electron chi connectivity index (χ4n) is 3.68. The number of aromatic nitrogens is 2. The van der Waals surface area contributed by atoms with Gasteiger partial charge in [-0.1, -0.05) is 61.2 Å². The minimum atomic E-state index is -0.342. The molecule has 0 spiro atoms. The van der Waals surface area contributed by atoms with Crippen molar-refractivity contribution in [3.8, 4) is 11.3 Å². The number of nitrogens with zero attached hydrogens (tertiary/aromatic N) is 1. The van der Waals surface area contributed by atoms with E-state index in [2.05, 4.69) is 20.8 Å². The fraction of sp³-hybridized carbons (Fsp3) is 0.261. The normalized spacial score (nSPS) is 14.3. The summed E-state index contributed by atoms with van der Waals surface area (Å²) >= 11 is 6.24. The highest BCUT2D eigenvalue weighted by molar-refractivity contribution is 6.34. The van der Waals surface area contributed by atoms with Crippen LogP contribution in [0.15, 0.2) is 54.6 Å². The van der Waals surface area contributed by atoms with E-state index in [1.165, 1.54) is 6.42 Å². The number of aromatic amines is 1. The summed E-state index contributed by atoms with van der Waals surface area (Å²) < 4.78 is 0. The molecule has 2 aromatic carbocycles. The van der Waals surface area contributed by atoms with Gasteiger partial charge < -0.3 is 10.6 Å². The van der Waals surface area contributed by atoms with Crippen LogP contribution in [-0.2, 0) is 0 Å². The number of carbonyl (C=O) groups excluding carboxylic acids is 2. The van der Waals surface area contributed by atoms with Crippen molar-refractivity contribution < 1.29 is 9.59 Å². The van der Waals surface area contributed by atoms with Crippen LogP contribution < -0.4 is 10.6 Å². The van der Waals surface area contributed by atoms with Gasteiger partial charge in [0.15, 0.2) is 0 Å². The Balaban J connectivity index is 1.45. The first-order valence-corrected chi connectivity index (χ1v) is 10.5. The molecule has 0 bridgehead atoms. The van der Waals surface area contributed by atoms with Crippen LogP contribution in [0.5, 0.6) is 0 Å². The number of amides is 2. The molecule has 0 aliphatic heterocycles. The SMILES string of the molecule is O=C(Nc1ccc(Cl)c(C(=O)NC2CCCCC2)c1)c1cc(-c2ccccc2)n[nH]1. The van der Waals surface area contributed by atoms with Gasteiger partial charge in [0.2, 0.25) is 0 Å². The van der Waals surface area contributed by atoms with Crippen molar-refractivity contribution in [2.45, 2.75) is 38.1 Å². The third-order valence-corrected chi connectivity index (χ3v) is 5.63. The molecule has 1 saturated carbocycles. The van der Waals surface area contributed by atoms with Gasteiger partial charge in [-0.25, -0.2) is 0 Å². The molecule has 0 saturated heterocycles. The first-order chi connectivity index (χ1) is 14.6. The fourth-order valence-corrected chi connectivity index (χ4v) is 3.88. The van der Waals surface area contributed by atoms with E-state index in [9.17, 15) is 9.59 Å². The summed E-state index contributed by atoms with van der Waals surface area (Å²) in [6.07, 6.45) is 5.45. The van der Waals surface area contributed by atoms with E-state index in [0.717, 1.165) is 31.2 Å². The molecule has 1 aliphatic carbocycles. The Morgan fingerprint density at radius 2 is 1.73 bits per heavy atom. The molecule has 3 N–H and O–H groups in total. The van der Waals surface area contributed by atoms with Crippen molar-refractivity contribution in [2.75, 3.05) is 5.32 Å². The first kappa shape index (κ1) is 20.2. The molecular formula is C23H23ClN4O2. The number of carbonyl (C=O) groups is 2. The Bertz CT molecular complexity index is 1040. The van der Waals surface area contributed by atoms with Crippen molar-refractivity contribution in [3.63, 3.8) is 0 Å². The van der Waals surface area contributed by atoms with Crippen molar-refractivity contribution >= 4 is 29.1 Å². The van der Waals surface area contributed by atoms with Gasteiger partial charge in [0.1, 0.15) is 5.69 Å². The zero-order valence-corrected chi connectivity index (χ0v) is 17.2. The summed E-state index contributed by atoms with van der Waals surface area (Å²) in [5.41, 5.74) is 2.78. The lowest BCUT2D eigenvalue weighted by atomic mass is 9.95. The van der Waals surface area contributed by atoms with Crippen LogP contribution in [0.25, 0.3) is 11.3 Å². The van der Waals surface area contributed by atoms with Crippen molar-refractivity contribution in [3.05, 3.63) is 70.9 Å². The molecule has 1 aromatic heterocycles. The molecule has 2 amide bonds. The maximum Gasteiger partial charge on any atom is 0.273 e. The third kappa shape index (κ3) is 4.71. The number of H-pyrrole nitrogens is 1. The molecule has 6 nitrogen and oxygen atoms in total. The summed E-state index contributed by atoms with van der Waals surface area (Å²) in [6, 6.07) is 16.4. The van der Waals surface area contributed by atoms with Crippen LogP contribution >= 0.6 is 11.6 Å². The Labute approximate surface area is 180 Å². The predicted molar refractivity (Wildman–Crippen MR) is 118 cm³/mol. The summed E-state index contributed by atoms with van der Waals surface area (Å²) in [5.74, 6) is -0.554. The van der Waals surface area contributed by atoms with Crippen molar-refractivity contribution in [1.82, 2.24) is 15.5 Å². The highest BCUT2D eigenvalue weighted by Crippen LogP contribution is 2.23. The van der Waals surface area contributed by atoms with Gasteiger partial charge >= 0.3 is 0 Å². The molecule has 1 aliphatic rings. The quantitative estimate of drug-likeness (QED) is 0.538. The van der Waals surface area contributed by atoms with E-state index in [-0.39, 0.29) is 17.9 Å². The van der Waals surface area contributed by atoms with E-state index in [4.69, 9.17) is 11.6 Å². The predicted octanol–water partition coefficient (Wildman–Crippen LogP) is 5.04. The Kier molecular flexibility index (Phi) is 6.14. The maximum atomic E-state index is 12.7. The van der Waals surface area contributed by atoms with Crippen LogP contribution in [-0.4, -0.2) is 28.1 Å². The topological polar surface area (TPSA) is 86.9 Å². The van der Waals surface area contributed by atoms with Crippen LogP contribution in [0.3, 0.4) is 0 Å². The van der Waals surface area contributed by atoms with E-state index in [0.29, 0.717) is 27.7 Å². The van der Waals surface area contributed by atoms with Crippen molar-refractivity contribution in [2.24, 2.45) is 0 Å². The number of halogens is 1. The number of hydrogen-bond donors (Lipinski definition) is 3. The number of hydrogen-bond acceptors (Lipinski definition) is 3. The Morgan fingerprint density at radius 1 is 0.967 bits per heavy atom. The largest absolute Gasteiger partial charge is 0.349 e. The standard InChI is InChI=1S/C23H23ClN4O2/c24-19-12-11-17(13-18(19)22(29)25-16-9-5-2-6-10-16)26-23(30)21-14-20(27-28-21)15-7-3-1-4-8-15/h1,3-4,7-8,11-14,16H,2,5-6,9-10H2,(H,25,29)(H,26,30)(H,27,28). The third-order valence-electron chi connectivity index (χ3n) is 5.30. The minimum Gasteiger partial charge on any atom is -0.349 e. The molecular weight excluding hydrogens is 400 g/mol. The molecule has 7 heteroatoms. The van der Waals surface area contributed by atoms with Gasteiger partial charge in [0, 0.05) is 17.3 Å². The smallest absolute Gasteiger partial charge is 0.273 e. The van der Waals surface area contributed by atoms with Gasteiger partial charge in [-0.05, 0) is 37.1 Å².